The van der Waals surface area contributed by atoms with Crippen molar-refractivity contribution in [1.29, 1.82) is 0 Å². The number of nitrogens with zero attached hydrogens (tertiary/aromatic N) is 1. The molecule has 4 nitrogen and oxygen atoms in total. The van der Waals surface area contributed by atoms with Gasteiger partial charge in [-0.1, -0.05) is 65.7 Å². The number of para-hydroxylation sites is 1. The molecule has 0 spiro atoms. The van der Waals surface area contributed by atoms with Crippen LogP contribution in [-0.2, 0) is 6.42 Å². The number of aromatic nitrogens is 1. The lowest BCUT2D eigenvalue weighted by Crippen LogP contribution is -2.11. The van der Waals surface area contributed by atoms with Gasteiger partial charge < -0.3 is 15.0 Å². The summed E-state index contributed by atoms with van der Waals surface area (Å²) in [6, 6.07) is 18.9. The van der Waals surface area contributed by atoms with Gasteiger partial charge in [-0.05, 0) is 41.3 Å². The van der Waals surface area contributed by atoms with Gasteiger partial charge in [-0.3, -0.25) is 4.79 Å². The summed E-state index contributed by atoms with van der Waals surface area (Å²) in [7, 11) is 4.02. The molecule has 0 saturated heterocycles. The number of hydrogen-bond donors (Lipinski definition) is 2. The first-order chi connectivity index (χ1) is 14.3. The first-order valence-corrected chi connectivity index (χ1v) is 10.2. The topological polar surface area (TPSA) is 56.3 Å². The zero-order chi connectivity index (χ0) is 21.4. The summed E-state index contributed by atoms with van der Waals surface area (Å²) in [6.45, 7) is 0. The number of aromatic amines is 1. The normalized spacial score (nSPS) is 11.1. The summed E-state index contributed by atoms with van der Waals surface area (Å²) < 4.78 is 0. The number of pyridine rings is 1. The van der Waals surface area contributed by atoms with Crippen molar-refractivity contribution in [2.75, 3.05) is 19.0 Å². The first kappa shape index (κ1) is 20.3. The summed E-state index contributed by atoms with van der Waals surface area (Å²) >= 11 is 12.3. The number of nitrogens with one attached hydrogen (secondary N) is 1. The summed E-state index contributed by atoms with van der Waals surface area (Å²) in [5.74, 6) is -0.152. The van der Waals surface area contributed by atoms with Gasteiger partial charge in [0.2, 0.25) is 0 Å². The minimum atomic E-state index is -0.399. The number of H-pyrrole nitrogens is 1. The van der Waals surface area contributed by atoms with Crippen LogP contribution in [0.3, 0.4) is 0 Å². The molecule has 2 N–H and O–H groups in total. The zero-order valence-corrected chi connectivity index (χ0v) is 18.1. The minimum Gasteiger partial charge on any atom is -0.506 e. The maximum atomic E-state index is 12.8. The number of halogens is 2. The van der Waals surface area contributed by atoms with Crippen LogP contribution in [0.2, 0.25) is 10.0 Å². The molecular weight excluding hydrogens is 419 g/mol. The van der Waals surface area contributed by atoms with Gasteiger partial charge in [-0.2, -0.15) is 0 Å². The molecule has 152 valence electrons. The van der Waals surface area contributed by atoms with E-state index in [1.54, 1.807) is 18.2 Å². The third-order valence-corrected chi connectivity index (χ3v) is 5.60. The van der Waals surface area contributed by atoms with E-state index < -0.39 is 5.56 Å². The van der Waals surface area contributed by atoms with E-state index in [4.69, 9.17) is 23.2 Å². The molecule has 0 amide bonds. The van der Waals surface area contributed by atoms with Crippen molar-refractivity contribution < 1.29 is 5.11 Å². The zero-order valence-electron chi connectivity index (χ0n) is 16.5. The SMILES string of the molecule is CN(C)c1ccccc1Cc1cccc(-c2c(O)c3c(Cl)cc(Cl)cc3[nH]c2=O)c1. The number of benzene rings is 3. The predicted molar refractivity (Wildman–Crippen MR) is 125 cm³/mol. The van der Waals surface area contributed by atoms with Gasteiger partial charge in [-0.25, -0.2) is 0 Å². The highest BCUT2D eigenvalue weighted by atomic mass is 35.5. The van der Waals surface area contributed by atoms with Crippen LogP contribution in [0.1, 0.15) is 11.1 Å². The van der Waals surface area contributed by atoms with Crippen LogP contribution >= 0.6 is 23.2 Å². The summed E-state index contributed by atoms with van der Waals surface area (Å²) in [5.41, 5.74) is 4.16. The molecule has 30 heavy (non-hydrogen) atoms. The number of rotatable bonds is 4. The summed E-state index contributed by atoms with van der Waals surface area (Å²) in [4.78, 5) is 17.6. The lowest BCUT2D eigenvalue weighted by molar-refractivity contribution is 0.482. The number of fused-ring (bicyclic) bond motifs is 1. The van der Waals surface area contributed by atoms with Gasteiger partial charge in [0.25, 0.3) is 5.56 Å². The van der Waals surface area contributed by atoms with Gasteiger partial charge in [0, 0.05) is 24.8 Å². The third kappa shape index (κ3) is 3.76. The average Bonchev–Trinajstić information content (AvgIpc) is 2.67. The molecule has 0 aliphatic carbocycles. The molecule has 4 aromatic rings. The van der Waals surface area contributed by atoms with Crippen LogP contribution in [0, 0.1) is 0 Å². The molecule has 0 aliphatic rings. The molecule has 0 saturated carbocycles. The van der Waals surface area contributed by atoms with E-state index in [1.807, 2.05) is 44.4 Å². The Morgan fingerprint density at radius 1 is 1.00 bits per heavy atom. The van der Waals surface area contributed by atoms with E-state index in [1.165, 1.54) is 5.56 Å². The molecule has 3 aromatic carbocycles. The standard InChI is InChI=1S/C24H20Cl2N2O2/c1-28(2)20-9-4-3-7-15(20)10-14-6-5-8-16(11-14)21-23(29)22-18(26)12-17(25)13-19(22)27-24(21)30/h3-9,11-13H,10H2,1-2H3,(H2,27,29,30). The van der Waals surface area contributed by atoms with Crippen LogP contribution in [0.5, 0.6) is 5.75 Å². The van der Waals surface area contributed by atoms with Gasteiger partial charge in [0.15, 0.2) is 0 Å². The fraction of sp³-hybridized carbons (Fsp3) is 0.125. The maximum absolute atomic E-state index is 12.8. The molecule has 0 radical (unpaired) electrons. The fourth-order valence-corrected chi connectivity index (χ4v) is 4.33. The van der Waals surface area contributed by atoms with Crippen LogP contribution < -0.4 is 10.5 Å². The molecule has 6 heteroatoms. The highest BCUT2D eigenvalue weighted by Crippen LogP contribution is 2.38. The molecule has 0 fully saturated rings. The molecular formula is C24H20Cl2N2O2. The van der Waals surface area contributed by atoms with Crippen molar-refractivity contribution in [2.45, 2.75) is 6.42 Å². The predicted octanol–water partition coefficient (Wildman–Crippen LogP) is 5.86. The van der Waals surface area contributed by atoms with Crippen molar-refractivity contribution in [1.82, 2.24) is 4.98 Å². The smallest absolute Gasteiger partial charge is 0.260 e. The Kier molecular flexibility index (Phi) is 5.46. The van der Waals surface area contributed by atoms with E-state index in [2.05, 4.69) is 22.0 Å². The Morgan fingerprint density at radius 2 is 1.77 bits per heavy atom. The van der Waals surface area contributed by atoms with Gasteiger partial charge in [0.05, 0.1) is 21.5 Å². The Bertz CT molecular complexity index is 1310. The fourth-order valence-electron chi connectivity index (χ4n) is 3.75. The second kappa shape index (κ2) is 8.05. The Hall–Kier alpha value is -2.95. The van der Waals surface area contributed by atoms with Crippen molar-refractivity contribution in [3.63, 3.8) is 0 Å². The van der Waals surface area contributed by atoms with Crippen molar-refractivity contribution in [2.24, 2.45) is 0 Å². The second-order valence-corrected chi connectivity index (χ2v) is 8.23. The van der Waals surface area contributed by atoms with E-state index >= 15 is 0 Å². The molecule has 1 aromatic heterocycles. The van der Waals surface area contributed by atoms with Crippen LogP contribution in [0.4, 0.5) is 5.69 Å². The number of anilines is 1. The largest absolute Gasteiger partial charge is 0.506 e. The Labute approximate surface area is 184 Å². The summed E-state index contributed by atoms with van der Waals surface area (Å²) in [5, 5.41) is 11.9. The maximum Gasteiger partial charge on any atom is 0.260 e. The summed E-state index contributed by atoms with van der Waals surface area (Å²) in [6.07, 6.45) is 0.699. The number of aromatic hydroxyl groups is 1. The molecule has 0 unspecified atom stereocenters. The second-order valence-electron chi connectivity index (χ2n) is 7.39. The third-order valence-electron chi connectivity index (χ3n) is 5.09. The Morgan fingerprint density at radius 3 is 2.53 bits per heavy atom. The Balaban J connectivity index is 1.82. The van der Waals surface area contributed by atoms with Crippen LogP contribution in [-0.4, -0.2) is 24.2 Å². The quantitative estimate of drug-likeness (QED) is 0.419. The lowest BCUT2D eigenvalue weighted by atomic mass is 9.97. The highest BCUT2D eigenvalue weighted by molar-refractivity contribution is 6.39. The molecule has 0 aliphatic heterocycles. The van der Waals surface area contributed by atoms with E-state index in [-0.39, 0.29) is 16.3 Å². The minimum absolute atomic E-state index is 0.152. The van der Waals surface area contributed by atoms with Gasteiger partial charge in [-0.15, -0.1) is 0 Å². The monoisotopic (exact) mass is 438 g/mol. The van der Waals surface area contributed by atoms with Crippen molar-refractivity contribution in [3.05, 3.63) is 92.2 Å². The van der Waals surface area contributed by atoms with Crippen molar-refractivity contribution >= 4 is 39.8 Å². The van der Waals surface area contributed by atoms with Gasteiger partial charge >= 0.3 is 0 Å². The molecule has 0 bridgehead atoms. The highest BCUT2D eigenvalue weighted by Gasteiger charge is 2.17. The molecule has 4 rings (SSSR count). The average molecular weight is 439 g/mol. The molecule has 1 heterocycles. The van der Waals surface area contributed by atoms with E-state index in [0.717, 1.165) is 11.3 Å². The van der Waals surface area contributed by atoms with Gasteiger partial charge in [0.1, 0.15) is 5.75 Å². The van der Waals surface area contributed by atoms with E-state index in [0.29, 0.717) is 27.9 Å². The molecule has 0 atom stereocenters. The van der Waals surface area contributed by atoms with Crippen molar-refractivity contribution in [3.8, 4) is 16.9 Å². The van der Waals surface area contributed by atoms with Crippen LogP contribution in [0.25, 0.3) is 22.0 Å². The van der Waals surface area contributed by atoms with Crippen LogP contribution in [0.15, 0.2) is 65.5 Å². The van der Waals surface area contributed by atoms with E-state index in [9.17, 15) is 9.90 Å². The first-order valence-electron chi connectivity index (χ1n) is 9.43. The lowest BCUT2D eigenvalue weighted by Gasteiger charge is -2.17. The number of hydrogen-bond acceptors (Lipinski definition) is 3.